The van der Waals surface area contributed by atoms with Crippen molar-refractivity contribution in [2.24, 2.45) is 5.10 Å². The van der Waals surface area contributed by atoms with Crippen LogP contribution in [-0.4, -0.2) is 23.4 Å². The van der Waals surface area contributed by atoms with Crippen molar-refractivity contribution in [2.75, 3.05) is 6.79 Å². The molecular weight excluding hydrogens is 294 g/mol. The molecule has 1 N–H and O–H groups in total. The Morgan fingerprint density at radius 1 is 1.22 bits per heavy atom. The zero-order valence-corrected chi connectivity index (χ0v) is 12.8. The Morgan fingerprint density at radius 3 is 2.83 bits per heavy atom. The molecule has 2 heterocycles. The number of carbonyl (C=O) groups excluding carboxylic acids is 1. The number of aromatic nitrogens is 1. The van der Waals surface area contributed by atoms with Crippen molar-refractivity contribution in [3.05, 3.63) is 53.9 Å². The first-order valence-corrected chi connectivity index (χ1v) is 7.34. The van der Waals surface area contributed by atoms with Crippen LogP contribution in [0.4, 0.5) is 0 Å². The summed E-state index contributed by atoms with van der Waals surface area (Å²) in [7, 11) is 0. The Balaban J connectivity index is 1.53. The van der Waals surface area contributed by atoms with E-state index in [1.54, 1.807) is 24.5 Å². The predicted molar refractivity (Wildman–Crippen MR) is 85.7 cm³/mol. The molecule has 0 radical (unpaired) electrons. The van der Waals surface area contributed by atoms with Gasteiger partial charge >= 0.3 is 0 Å². The van der Waals surface area contributed by atoms with Gasteiger partial charge in [0.25, 0.3) is 5.91 Å². The first-order chi connectivity index (χ1) is 11.2. The van der Waals surface area contributed by atoms with Gasteiger partial charge < -0.3 is 9.47 Å². The summed E-state index contributed by atoms with van der Waals surface area (Å²) < 4.78 is 10.6. The average Bonchev–Trinajstić information content (AvgIpc) is 3.06. The van der Waals surface area contributed by atoms with Crippen LogP contribution in [0.15, 0.2) is 47.8 Å². The minimum absolute atomic E-state index is 0.241. The molecule has 0 unspecified atom stereocenters. The van der Waals surface area contributed by atoms with Gasteiger partial charge in [0.15, 0.2) is 11.5 Å². The van der Waals surface area contributed by atoms with Gasteiger partial charge in [0.05, 0.1) is 0 Å². The maximum absolute atomic E-state index is 11.9. The summed E-state index contributed by atoms with van der Waals surface area (Å²) in [5.74, 6) is 1.32. The van der Waals surface area contributed by atoms with Gasteiger partial charge in [-0.1, -0.05) is 6.07 Å². The number of hydrazone groups is 1. The third-order valence-electron chi connectivity index (χ3n) is 3.50. The maximum Gasteiger partial charge on any atom is 0.271 e. The second-order valence-corrected chi connectivity index (χ2v) is 5.21. The lowest BCUT2D eigenvalue weighted by atomic mass is 10.1. The van der Waals surface area contributed by atoms with Crippen molar-refractivity contribution in [3.63, 3.8) is 0 Å². The smallest absolute Gasteiger partial charge is 0.271 e. The molecule has 0 saturated carbocycles. The minimum atomic E-state index is -0.241. The Hall–Kier alpha value is -2.89. The van der Waals surface area contributed by atoms with E-state index in [2.05, 4.69) is 15.5 Å². The van der Waals surface area contributed by atoms with Crippen LogP contribution in [0.1, 0.15) is 29.3 Å². The Labute approximate surface area is 134 Å². The number of nitrogens with zero attached hydrogens (tertiary/aromatic N) is 2. The molecule has 6 nitrogen and oxygen atoms in total. The van der Waals surface area contributed by atoms with Gasteiger partial charge in [-0.2, -0.15) is 5.10 Å². The van der Waals surface area contributed by atoms with Crippen LogP contribution in [0.25, 0.3) is 0 Å². The lowest BCUT2D eigenvalue weighted by Gasteiger charge is -2.04. The number of carbonyl (C=O) groups is 1. The molecule has 0 aliphatic carbocycles. The van der Waals surface area contributed by atoms with Crippen LogP contribution in [0.3, 0.4) is 0 Å². The highest BCUT2D eigenvalue weighted by Gasteiger charge is 2.13. The normalized spacial score (nSPS) is 13.0. The summed E-state index contributed by atoms with van der Waals surface area (Å²) in [5.41, 5.74) is 5.08. The molecule has 1 amide bonds. The van der Waals surface area contributed by atoms with Gasteiger partial charge in [-0.05, 0) is 49.6 Å². The summed E-state index contributed by atoms with van der Waals surface area (Å²) in [6.45, 7) is 2.17. The van der Waals surface area contributed by atoms with Crippen LogP contribution >= 0.6 is 0 Å². The van der Waals surface area contributed by atoms with E-state index < -0.39 is 0 Å². The lowest BCUT2D eigenvalue weighted by molar-refractivity contribution is 0.0954. The number of hydrogen-bond donors (Lipinski definition) is 1. The van der Waals surface area contributed by atoms with E-state index in [4.69, 9.17) is 9.47 Å². The Morgan fingerprint density at radius 2 is 2.00 bits per heavy atom. The molecule has 1 aliphatic rings. The molecule has 118 valence electrons. The second-order valence-electron chi connectivity index (χ2n) is 5.21. The van der Waals surface area contributed by atoms with Crippen molar-refractivity contribution in [2.45, 2.75) is 19.8 Å². The minimum Gasteiger partial charge on any atom is -0.454 e. The highest BCUT2D eigenvalue weighted by Crippen LogP contribution is 2.32. The van der Waals surface area contributed by atoms with Crippen LogP contribution < -0.4 is 14.9 Å². The van der Waals surface area contributed by atoms with Crippen molar-refractivity contribution < 1.29 is 14.3 Å². The summed E-state index contributed by atoms with van der Waals surface area (Å²) in [6, 6.07) is 9.19. The molecule has 0 bridgehead atoms. The fraction of sp³-hybridized carbons (Fsp3) is 0.235. The number of amides is 1. The molecule has 0 fully saturated rings. The van der Waals surface area contributed by atoms with Gasteiger partial charge in [0.1, 0.15) is 0 Å². The van der Waals surface area contributed by atoms with E-state index in [1.165, 1.54) is 0 Å². The van der Waals surface area contributed by atoms with E-state index in [0.29, 0.717) is 5.56 Å². The fourth-order valence-corrected chi connectivity index (χ4v) is 2.19. The molecule has 0 atom stereocenters. The zero-order valence-electron chi connectivity index (χ0n) is 12.8. The standard InChI is InChI=1S/C17H17N3O3/c1-12(19-20-17(21)14-6-8-18-9-7-14)2-3-13-4-5-15-16(10-13)23-11-22-15/h4-10H,2-3,11H2,1H3,(H,20,21)/b19-12+. The summed E-state index contributed by atoms with van der Waals surface area (Å²) in [6.07, 6.45) is 4.71. The number of fused-ring (bicyclic) bond motifs is 1. The zero-order chi connectivity index (χ0) is 16.1. The van der Waals surface area contributed by atoms with Gasteiger partial charge in [0.2, 0.25) is 6.79 Å². The van der Waals surface area contributed by atoms with Crippen molar-refractivity contribution in [3.8, 4) is 11.5 Å². The molecule has 6 heteroatoms. The molecule has 0 saturated heterocycles. The molecular formula is C17H17N3O3. The number of pyridine rings is 1. The second kappa shape index (κ2) is 6.91. The number of ether oxygens (including phenoxy) is 2. The summed E-state index contributed by atoms with van der Waals surface area (Å²) >= 11 is 0. The van der Waals surface area contributed by atoms with E-state index in [1.807, 2.05) is 25.1 Å². The summed E-state index contributed by atoms with van der Waals surface area (Å²) in [4.78, 5) is 15.8. The third kappa shape index (κ3) is 3.85. The Kier molecular flexibility index (Phi) is 4.52. The topological polar surface area (TPSA) is 72.8 Å². The average molecular weight is 311 g/mol. The van der Waals surface area contributed by atoms with Gasteiger partial charge in [-0.25, -0.2) is 5.43 Å². The molecule has 2 aromatic rings. The Bertz CT molecular complexity index is 729. The van der Waals surface area contributed by atoms with E-state index in [-0.39, 0.29) is 12.7 Å². The van der Waals surface area contributed by atoms with Crippen molar-refractivity contribution >= 4 is 11.6 Å². The number of nitrogens with one attached hydrogen (secondary N) is 1. The van der Waals surface area contributed by atoms with Gasteiger partial charge in [-0.3, -0.25) is 9.78 Å². The molecule has 1 aromatic heterocycles. The summed E-state index contributed by atoms with van der Waals surface area (Å²) in [5, 5.41) is 4.13. The van der Waals surface area contributed by atoms with Gasteiger partial charge in [0, 0.05) is 23.7 Å². The van der Waals surface area contributed by atoms with Crippen LogP contribution in [0.2, 0.25) is 0 Å². The van der Waals surface area contributed by atoms with Crippen LogP contribution in [-0.2, 0) is 6.42 Å². The van der Waals surface area contributed by atoms with Crippen LogP contribution in [0, 0.1) is 0 Å². The third-order valence-corrected chi connectivity index (χ3v) is 3.50. The first-order valence-electron chi connectivity index (χ1n) is 7.34. The number of rotatable bonds is 5. The fourth-order valence-electron chi connectivity index (χ4n) is 2.19. The molecule has 0 spiro atoms. The highest BCUT2D eigenvalue weighted by molar-refractivity contribution is 5.95. The predicted octanol–water partition coefficient (Wildman–Crippen LogP) is 2.55. The SMILES string of the molecule is C/C(CCc1ccc2c(c1)OCO2)=N\NC(=O)c1ccncc1. The van der Waals surface area contributed by atoms with Crippen molar-refractivity contribution in [1.29, 1.82) is 0 Å². The molecule has 23 heavy (non-hydrogen) atoms. The highest BCUT2D eigenvalue weighted by atomic mass is 16.7. The number of hydrogen-bond acceptors (Lipinski definition) is 5. The van der Waals surface area contributed by atoms with E-state index in [9.17, 15) is 4.79 Å². The van der Waals surface area contributed by atoms with Gasteiger partial charge in [-0.15, -0.1) is 0 Å². The maximum atomic E-state index is 11.9. The number of aryl methyl sites for hydroxylation is 1. The molecule has 3 rings (SSSR count). The lowest BCUT2D eigenvalue weighted by Crippen LogP contribution is -2.19. The first kappa shape index (κ1) is 15.0. The monoisotopic (exact) mass is 311 g/mol. The quantitative estimate of drug-likeness (QED) is 0.680. The van der Waals surface area contributed by atoms with E-state index >= 15 is 0 Å². The van der Waals surface area contributed by atoms with Crippen LogP contribution in [0.5, 0.6) is 11.5 Å². The molecule has 1 aromatic carbocycles. The van der Waals surface area contributed by atoms with Crippen molar-refractivity contribution in [1.82, 2.24) is 10.4 Å². The number of benzene rings is 1. The molecule has 1 aliphatic heterocycles. The van der Waals surface area contributed by atoms with E-state index in [0.717, 1.165) is 35.6 Å². The largest absolute Gasteiger partial charge is 0.454 e.